The molecular formula is NdO8P2Yb. The summed E-state index contributed by atoms with van der Waals surface area (Å²) >= 11 is 0. The zero-order valence-corrected chi connectivity index (χ0v) is 11.6. The monoisotopic (exact) mass is 506 g/mol. The van der Waals surface area contributed by atoms with Gasteiger partial charge in [0.2, 0.25) is 0 Å². The van der Waals surface area contributed by atoms with Crippen LogP contribution in [0.4, 0.5) is 0 Å². The van der Waals surface area contributed by atoms with Gasteiger partial charge in [0.1, 0.15) is 0 Å². The molecule has 0 unspecified atom stereocenters. The van der Waals surface area contributed by atoms with Crippen molar-refractivity contribution >= 4 is 15.6 Å². The van der Waals surface area contributed by atoms with E-state index in [1.54, 1.807) is 0 Å². The van der Waals surface area contributed by atoms with Gasteiger partial charge in [-0.2, -0.15) is 15.6 Å². The van der Waals surface area contributed by atoms with Crippen LogP contribution in [0.5, 0.6) is 0 Å². The Morgan fingerprint density at radius 2 is 0.667 bits per heavy atom. The summed E-state index contributed by atoms with van der Waals surface area (Å²) in [6.45, 7) is 0. The fraction of sp³-hybridized carbons (Fsp3) is 0. The van der Waals surface area contributed by atoms with Crippen molar-refractivity contribution in [1.82, 2.24) is 0 Å². The van der Waals surface area contributed by atoms with E-state index in [0.29, 0.717) is 0 Å². The second-order valence-electron chi connectivity index (χ2n) is 0.894. The first kappa shape index (κ1) is 24.4. The molecule has 0 aromatic heterocycles. The summed E-state index contributed by atoms with van der Waals surface area (Å²) in [7, 11) is -10.8. The average Bonchev–Trinajstić information content (AvgIpc) is 1.12. The maximum absolute atomic E-state index is 8.55. The van der Waals surface area contributed by atoms with Gasteiger partial charge in [0.05, 0.1) is 0 Å². The molecule has 0 aromatic rings. The molecule has 8 nitrogen and oxygen atoms in total. The third kappa shape index (κ3) is 200. The number of hydrogen-bond acceptors (Lipinski definition) is 8. The van der Waals surface area contributed by atoms with Gasteiger partial charge in [-0.05, 0) is 0 Å². The molecule has 12 heavy (non-hydrogen) atoms. The third-order valence-corrected chi connectivity index (χ3v) is 0. The van der Waals surface area contributed by atoms with E-state index in [-0.39, 0.29) is 87.8 Å². The van der Waals surface area contributed by atoms with Crippen LogP contribution >= 0.6 is 15.6 Å². The van der Waals surface area contributed by atoms with Crippen LogP contribution in [0.15, 0.2) is 0 Å². The Morgan fingerprint density at radius 3 is 0.667 bits per heavy atom. The minimum atomic E-state index is -5.39. The van der Waals surface area contributed by atoms with Crippen molar-refractivity contribution < 1.29 is 126 Å². The van der Waals surface area contributed by atoms with Crippen LogP contribution in [0.1, 0.15) is 0 Å². The first-order chi connectivity index (χ1) is 4.00. The average molecular weight is 507 g/mol. The molecule has 0 aliphatic heterocycles. The molecule has 0 rings (SSSR count). The fourth-order valence-electron chi connectivity index (χ4n) is 0. The summed E-state index contributed by atoms with van der Waals surface area (Å²) in [5, 5.41) is 0. The van der Waals surface area contributed by atoms with Gasteiger partial charge in [0, 0.05) is 0 Å². The Morgan fingerprint density at radius 1 is 0.667 bits per heavy atom. The molecule has 0 atom stereocenters. The van der Waals surface area contributed by atoms with Gasteiger partial charge in [-0.1, -0.05) is 0 Å². The maximum Gasteiger partial charge on any atom is 3.00 e. The first-order valence-corrected chi connectivity index (χ1v) is 4.38. The van der Waals surface area contributed by atoms with Gasteiger partial charge < -0.3 is 38.5 Å². The zero-order chi connectivity index (χ0) is 9.00. The topological polar surface area (TPSA) is 172 Å². The molecule has 0 aliphatic carbocycles. The summed E-state index contributed by atoms with van der Waals surface area (Å²) in [5.41, 5.74) is 0. The second kappa shape index (κ2) is 10.6. The summed E-state index contributed by atoms with van der Waals surface area (Å²) in [6, 6.07) is 0. The van der Waals surface area contributed by atoms with Crippen LogP contribution < -0.4 is 29.4 Å². The Labute approximate surface area is 139 Å². The first-order valence-electron chi connectivity index (χ1n) is 1.46. The van der Waals surface area contributed by atoms with Crippen molar-refractivity contribution in [3.63, 3.8) is 0 Å². The molecular weight excluding hydrogens is 507 g/mol. The Balaban J connectivity index is -0.0000000457. The normalized spacial score (nSPS) is 9.83. The van der Waals surface area contributed by atoms with E-state index in [4.69, 9.17) is 38.5 Å². The molecule has 0 saturated carbocycles. The van der Waals surface area contributed by atoms with Crippen LogP contribution in [0, 0.1) is 87.8 Å². The Bertz CT molecular complexity index is 129. The molecule has 0 N–H and O–H groups in total. The van der Waals surface area contributed by atoms with E-state index in [0.717, 1.165) is 0 Å². The third-order valence-electron chi connectivity index (χ3n) is 0. The predicted molar refractivity (Wildman–Crippen MR) is 15.2 cm³/mol. The Hall–Kier alpha value is 3.09. The molecule has 0 saturated heterocycles. The maximum atomic E-state index is 8.55. The molecule has 0 spiro atoms. The van der Waals surface area contributed by atoms with Crippen LogP contribution in [0.3, 0.4) is 0 Å². The van der Waals surface area contributed by atoms with Crippen molar-refractivity contribution in [3.05, 3.63) is 0 Å². The van der Waals surface area contributed by atoms with E-state index in [9.17, 15) is 0 Å². The summed E-state index contributed by atoms with van der Waals surface area (Å²) in [4.78, 5) is 51.3. The molecule has 0 fully saturated rings. The Kier molecular flexibility index (Phi) is 21.5. The molecule has 76 valence electrons. The molecule has 0 bridgehead atoms. The largest absolute Gasteiger partial charge is 3.00 e. The van der Waals surface area contributed by atoms with E-state index in [1.165, 1.54) is 0 Å². The van der Waals surface area contributed by atoms with Crippen LogP contribution in [0.25, 0.3) is 0 Å². The number of rotatable bonds is 0. The second-order valence-corrected chi connectivity index (χ2v) is 2.68. The van der Waals surface area contributed by atoms with E-state index in [2.05, 4.69) is 0 Å². The fourth-order valence-corrected chi connectivity index (χ4v) is 0. The minimum Gasteiger partial charge on any atom is -0.822 e. The van der Waals surface area contributed by atoms with E-state index >= 15 is 0 Å². The van der Waals surface area contributed by atoms with Gasteiger partial charge in [-0.25, -0.2) is 0 Å². The zero-order valence-electron chi connectivity index (χ0n) is 4.93. The van der Waals surface area contributed by atoms with Crippen molar-refractivity contribution in [2.24, 2.45) is 0 Å². The van der Waals surface area contributed by atoms with Crippen LogP contribution in [0.2, 0.25) is 0 Å². The van der Waals surface area contributed by atoms with Crippen molar-refractivity contribution in [3.8, 4) is 0 Å². The quantitative estimate of drug-likeness (QED) is 0.292. The van der Waals surface area contributed by atoms with Gasteiger partial charge in [-0.15, -0.1) is 0 Å². The molecule has 0 heterocycles. The summed E-state index contributed by atoms with van der Waals surface area (Å²) < 4.78 is 17.1. The predicted octanol–water partition coefficient (Wildman–Crippen LogP) is -5.65. The summed E-state index contributed by atoms with van der Waals surface area (Å²) in [6.07, 6.45) is 0. The van der Waals surface area contributed by atoms with Crippen molar-refractivity contribution in [2.75, 3.05) is 0 Å². The van der Waals surface area contributed by atoms with Crippen LogP contribution in [-0.2, 0) is 9.13 Å². The van der Waals surface area contributed by atoms with E-state index < -0.39 is 15.6 Å². The number of hydrogen-bond donors (Lipinski definition) is 0. The minimum absolute atomic E-state index is 0. The summed E-state index contributed by atoms with van der Waals surface area (Å²) in [5.74, 6) is 0. The molecule has 0 aromatic carbocycles. The smallest absolute Gasteiger partial charge is 0.822 e. The van der Waals surface area contributed by atoms with Crippen molar-refractivity contribution in [2.45, 2.75) is 0 Å². The molecule has 2 radical (unpaired) electrons. The van der Waals surface area contributed by atoms with Crippen molar-refractivity contribution in [1.29, 1.82) is 0 Å². The number of phosphoric acid groups is 2. The van der Waals surface area contributed by atoms with Gasteiger partial charge >= 0.3 is 87.8 Å². The standard InChI is InChI=1S/Nd.2H3O4P.Yb/c;2*1-5(2,3)4;/h;2*(H3,1,2,3,4);/q+3;;;+3/p-6. The molecule has 0 aliphatic rings. The van der Waals surface area contributed by atoms with Gasteiger partial charge in [0.25, 0.3) is 0 Å². The van der Waals surface area contributed by atoms with Gasteiger partial charge in [-0.3, -0.25) is 0 Å². The van der Waals surface area contributed by atoms with Crippen LogP contribution in [-0.4, -0.2) is 0 Å². The van der Waals surface area contributed by atoms with E-state index in [1.807, 2.05) is 0 Å². The molecule has 0 amide bonds. The SMILES string of the molecule is O=P([O-])([O-])[O-].O=P([O-])([O-])[O-].[Nd+3].[Yb+3]. The van der Waals surface area contributed by atoms with Gasteiger partial charge in [0.15, 0.2) is 0 Å². The molecule has 12 heteroatoms.